The van der Waals surface area contributed by atoms with Crippen LogP contribution < -0.4 is 5.32 Å². The van der Waals surface area contributed by atoms with Gasteiger partial charge < -0.3 is 9.84 Å². The lowest BCUT2D eigenvalue weighted by Crippen LogP contribution is -2.44. The summed E-state index contributed by atoms with van der Waals surface area (Å²) < 4.78 is 5.42. The number of piperidine rings is 1. The average molecular weight is 320 g/mol. The second-order valence-electron chi connectivity index (χ2n) is 7.34. The lowest BCUT2D eigenvalue weighted by molar-refractivity contribution is -0.127. The van der Waals surface area contributed by atoms with Gasteiger partial charge in [0, 0.05) is 19.0 Å². The molecule has 3 rings (SSSR count). The van der Waals surface area contributed by atoms with Crippen LogP contribution in [0.3, 0.4) is 0 Å². The lowest BCUT2D eigenvalue weighted by atomic mass is 9.96. The van der Waals surface area contributed by atoms with Crippen LogP contribution in [0.4, 0.5) is 0 Å². The Morgan fingerprint density at radius 1 is 1.35 bits per heavy atom. The summed E-state index contributed by atoms with van der Waals surface area (Å²) in [5.74, 6) is 2.70. The highest BCUT2D eigenvalue weighted by Gasteiger charge is 2.31. The maximum absolute atomic E-state index is 12.3. The van der Waals surface area contributed by atoms with E-state index in [-0.39, 0.29) is 23.8 Å². The highest BCUT2D eigenvalue weighted by Crippen LogP contribution is 2.29. The highest BCUT2D eigenvalue weighted by molar-refractivity contribution is 5.79. The predicted molar refractivity (Wildman–Crippen MR) is 86.8 cm³/mol. The van der Waals surface area contributed by atoms with Crippen LogP contribution in [0, 0.1) is 11.8 Å². The van der Waals surface area contributed by atoms with Crippen molar-refractivity contribution in [3.63, 3.8) is 0 Å². The maximum Gasteiger partial charge on any atom is 0.243 e. The Bertz CT molecular complexity index is 538. The molecular formula is C17H28N4O2. The van der Waals surface area contributed by atoms with E-state index in [1.807, 2.05) is 0 Å². The third kappa shape index (κ3) is 4.10. The second kappa shape index (κ2) is 6.99. The molecule has 0 aromatic carbocycles. The summed E-state index contributed by atoms with van der Waals surface area (Å²) >= 11 is 0. The van der Waals surface area contributed by atoms with Crippen molar-refractivity contribution in [2.24, 2.45) is 11.8 Å². The number of hydrogen-bond acceptors (Lipinski definition) is 5. The van der Waals surface area contributed by atoms with E-state index in [2.05, 4.69) is 41.1 Å². The smallest absolute Gasteiger partial charge is 0.243 e. The summed E-state index contributed by atoms with van der Waals surface area (Å²) in [6, 6.07) is 0.0639. The third-order valence-electron chi connectivity index (χ3n) is 4.96. The minimum Gasteiger partial charge on any atom is -0.356 e. The number of likely N-dealkylation sites (tertiary alicyclic amines) is 1. The van der Waals surface area contributed by atoms with Crippen molar-refractivity contribution in [1.82, 2.24) is 20.4 Å². The zero-order valence-corrected chi connectivity index (χ0v) is 14.4. The fourth-order valence-electron chi connectivity index (χ4n) is 3.09. The van der Waals surface area contributed by atoms with Crippen molar-refractivity contribution in [1.29, 1.82) is 0 Å². The van der Waals surface area contributed by atoms with E-state index in [1.165, 1.54) is 12.8 Å². The van der Waals surface area contributed by atoms with E-state index in [0.717, 1.165) is 44.2 Å². The number of rotatable bonds is 6. The van der Waals surface area contributed by atoms with Crippen LogP contribution in [0.2, 0.25) is 0 Å². The summed E-state index contributed by atoms with van der Waals surface area (Å²) in [5.41, 5.74) is 0. The van der Waals surface area contributed by atoms with Gasteiger partial charge >= 0.3 is 0 Å². The quantitative estimate of drug-likeness (QED) is 0.872. The number of nitrogens with zero attached hydrogens (tertiary/aromatic N) is 3. The summed E-state index contributed by atoms with van der Waals surface area (Å²) in [6.45, 7) is 8.80. The van der Waals surface area contributed by atoms with Crippen LogP contribution in [0.5, 0.6) is 0 Å². The monoisotopic (exact) mass is 320 g/mol. The Labute approximate surface area is 138 Å². The summed E-state index contributed by atoms with van der Waals surface area (Å²) in [7, 11) is 0. The van der Waals surface area contributed by atoms with Gasteiger partial charge in [-0.25, -0.2) is 0 Å². The SMILES string of the molecule is CC(C)c1noc([C@@H](C)N2CCC[C@@H](C(=O)NCC3CC3)C2)n1. The Balaban J connectivity index is 1.56. The Morgan fingerprint density at radius 3 is 2.78 bits per heavy atom. The zero-order chi connectivity index (χ0) is 16.4. The molecule has 1 amide bonds. The van der Waals surface area contributed by atoms with Gasteiger partial charge in [-0.15, -0.1) is 0 Å². The molecule has 0 radical (unpaired) electrons. The number of amides is 1. The molecule has 23 heavy (non-hydrogen) atoms. The molecule has 1 N–H and O–H groups in total. The maximum atomic E-state index is 12.3. The molecule has 1 saturated heterocycles. The van der Waals surface area contributed by atoms with Crippen molar-refractivity contribution in [2.45, 2.75) is 58.4 Å². The Hall–Kier alpha value is -1.43. The van der Waals surface area contributed by atoms with Gasteiger partial charge in [0.2, 0.25) is 11.8 Å². The van der Waals surface area contributed by atoms with Crippen molar-refractivity contribution in [3.05, 3.63) is 11.7 Å². The first-order chi connectivity index (χ1) is 11.0. The molecule has 0 unspecified atom stereocenters. The van der Waals surface area contributed by atoms with Crippen LogP contribution >= 0.6 is 0 Å². The van der Waals surface area contributed by atoms with Gasteiger partial charge in [0.1, 0.15) is 0 Å². The number of aromatic nitrogens is 2. The number of hydrogen-bond donors (Lipinski definition) is 1. The number of carbonyl (C=O) groups is 1. The topological polar surface area (TPSA) is 71.3 Å². The van der Waals surface area contributed by atoms with Crippen molar-refractivity contribution < 1.29 is 9.32 Å². The average Bonchev–Trinajstić information content (AvgIpc) is 3.25. The van der Waals surface area contributed by atoms with E-state index >= 15 is 0 Å². The van der Waals surface area contributed by atoms with Gasteiger partial charge in [-0.2, -0.15) is 4.98 Å². The van der Waals surface area contributed by atoms with E-state index in [9.17, 15) is 4.79 Å². The number of nitrogens with one attached hydrogen (secondary N) is 1. The first kappa shape index (κ1) is 16.4. The predicted octanol–water partition coefficient (Wildman–Crippen LogP) is 2.49. The standard InChI is InChI=1S/C17H28N4O2/c1-11(2)15-19-17(23-20-15)12(3)21-8-4-5-14(10-21)16(22)18-9-13-6-7-13/h11-14H,4-10H2,1-3H3,(H,18,22)/t12-,14-/m1/s1. The largest absolute Gasteiger partial charge is 0.356 e. The van der Waals surface area contributed by atoms with Crippen molar-refractivity contribution >= 4 is 5.91 Å². The van der Waals surface area contributed by atoms with Crippen LogP contribution in [-0.2, 0) is 4.79 Å². The van der Waals surface area contributed by atoms with E-state index in [0.29, 0.717) is 5.89 Å². The molecule has 128 valence electrons. The molecule has 2 heterocycles. The van der Waals surface area contributed by atoms with E-state index < -0.39 is 0 Å². The van der Waals surface area contributed by atoms with Gasteiger partial charge in [-0.1, -0.05) is 19.0 Å². The third-order valence-corrected chi connectivity index (χ3v) is 4.96. The van der Waals surface area contributed by atoms with Gasteiger partial charge in [0.25, 0.3) is 0 Å². The first-order valence-electron chi connectivity index (χ1n) is 8.90. The van der Waals surface area contributed by atoms with Gasteiger partial charge in [-0.05, 0) is 45.1 Å². The molecule has 6 nitrogen and oxygen atoms in total. The second-order valence-corrected chi connectivity index (χ2v) is 7.34. The molecule has 1 aliphatic carbocycles. The minimum absolute atomic E-state index is 0.0639. The molecule has 0 spiro atoms. The van der Waals surface area contributed by atoms with Gasteiger partial charge in [0.05, 0.1) is 12.0 Å². The minimum atomic E-state index is 0.0639. The van der Waals surface area contributed by atoms with Crippen LogP contribution in [-0.4, -0.2) is 40.6 Å². The van der Waals surface area contributed by atoms with Crippen molar-refractivity contribution in [2.75, 3.05) is 19.6 Å². The normalized spacial score (nSPS) is 23.9. The number of carbonyl (C=O) groups excluding carboxylic acids is 1. The molecule has 1 aromatic heterocycles. The molecule has 1 aromatic rings. The molecule has 6 heteroatoms. The van der Waals surface area contributed by atoms with Crippen molar-refractivity contribution in [3.8, 4) is 0 Å². The lowest BCUT2D eigenvalue weighted by Gasteiger charge is -2.34. The summed E-state index contributed by atoms with van der Waals surface area (Å²) in [5, 5.41) is 7.17. The summed E-state index contributed by atoms with van der Waals surface area (Å²) in [6.07, 6.45) is 4.55. The molecule has 1 saturated carbocycles. The molecule has 1 aliphatic heterocycles. The van der Waals surface area contributed by atoms with Crippen LogP contribution in [0.15, 0.2) is 4.52 Å². The fraction of sp³-hybridized carbons (Fsp3) is 0.824. The molecule has 2 atom stereocenters. The fourth-order valence-corrected chi connectivity index (χ4v) is 3.09. The molecule has 2 fully saturated rings. The zero-order valence-electron chi connectivity index (χ0n) is 14.4. The summed E-state index contributed by atoms with van der Waals surface area (Å²) in [4.78, 5) is 19.1. The molecule has 0 bridgehead atoms. The van der Waals surface area contributed by atoms with Gasteiger partial charge in [0.15, 0.2) is 5.82 Å². The first-order valence-corrected chi connectivity index (χ1v) is 8.90. The van der Waals surface area contributed by atoms with Gasteiger partial charge in [-0.3, -0.25) is 9.69 Å². The Kier molecular flexibility index (Phi) is 4.99. The van der Waals surface area contributed by atoms with E-state index in [1.54, 1.807) is 0 Å². The highest BCUT2D eigenvalue weighted by atomic mass is 16.5. The van der Waals surface area contributed by atoms with E-state index in [4.69, 9.17) is 4.52 Å². The molecular weight excluding hydrogens is 292 g/mol. The Morgan fingerprint density at radius 2 is 2.13 bits per heavy atom. The van der Waals surface area contributed by atoms with Crippen LogP contribution in [0.1, 0.15) is 70.1 Å². The van der Waals surface area contributed by atoms with Crippen LogP contribution in [0.25, 0.3) is 0 Å². The molecule has 2 aliphatic rings.